The normalized spacial score (nSPS) is 11.5. The van der Waals surface area contributed by atoms with Crippen LogP contribution in [0.2, 0.25) is 0 Å². The predicted molar refractivity (Wildman–Crippen MR) is 99.1 cm³/mol. The van der Waals surface area contributed by atoms with Crippen LogP contribution in [0.4, 0.5) is 0 Å². The van der Waals surface area contributed by atoms with E-state index in [4.69, 9.17) is 0 Å². The Kier molecular flexibility index (Phi) is 6.33. The summed E-state index contributed by atoms with van der Waals surface area (Å²) in [6.07, 6.45) is 0.748. The third-order valence-electron chi connectivity index (χ3n) is 3.60. The highest BCUT2D eigenvalue weighted by Crippen LogP contribution is 2.11. The van der Waals surface area contributed by atoms with Crippen molar-refractivity contribution in [3.8, 4) is 0 Å². The second kappa shape index (κ2) is 8.27. The maximum atomic E-state index is 12.2. The molecule has 2 aromatic rings. The molecular formula is C19H24N2O3S. The smallest absolute Gasteiger partial charge is 0.251 e. The zero-order valence-electron chi connectivity index (χ0n) is 14.7. The predicted octanol–water partition coefficient (Wildman–Crippen LogP) is 2.65. The van der Waals surface area contributed by atoms with Crippen LogP contribution in [0.15, 0.2) is 53.4 Å². The van der Waals surface area contributed by atoms with E-state index >= 15 is 0 Å². The third kappa shape index (κ3) is 5.69. The number of carbonyl (C=O) groups excluding carboxylic acids is 1. The first-order valence-electron chi connectivity index (χ1n) is 8.24. The topological polar surface area (TPSA) is 75.3 Å². The Labute approximate surface area is 149 Å². The van der Waals surface area contributed by atoms with Gasteiger partial charge in [0.05, 0.1) is 4.90 Å². The lowest BCUT2D eigenvalue weighted by Crippen LogP contribution is -2.30. The van der Waals surface area contributed by atoms with Crippen molar-refractivity contribution < 1.29 is 13.2 Å². The summed E-state index contributed by atoms with van der Waals surface area (Å²) in [5.41, 5.74) is 2.80. The molecule has 0 unspecified atom stereocenters. The van der Waals surface area contributed by atoms with Crippen LogP contribution in [0.1, 0.15) is 35.3 Å². The van der Waals surface area contributed by atoms with Crippen molar-refractivity contribution in [2.45, 2.75) is 38.1 Å². The van der Waals surface area contributed by atoms with E-state index in [1.165, 1.54) is 35.4 Å². The van der Waals surface area contributed by atoms with Gasteiger partial charge in [0.2, 0.25) is 10.0 Å². The highest BCUT2D eigenvalue weighted by atomic mass is 32.2. The van der Waals surface area contributed by atoms with Gasteiger partial charge in [0.15, 0.2) is 0 Å². The molecule has 6 heteroatoms. The molecule has 134 valence electrons. The number of hydrogen-bond donors (Lipinski definition) is 2. The average molecular weight is 360 g/mol. The molecule has 0 spiro atoms. The molecule has 0 aromatic heterocycles. The van der Waals surface area contributed by atoms with Crippen molar-refractivity contribution >= 4 is 15.9 Å². The third-order valence-corrected chi connectivity index (χ3v) is 5.27. The summed E-state index contributed by atoms with van der Waals surface area (Å²) in [5.74, 6) is -0.214. The van der Waals surface area contributed by atoms with E-state index in [0.29, 0.717) is 12.1 Å². The number of aryl methyl sites for hydroxylation is 1. The maximum Gasteiger partial charge on any atom is 0.251 e. The Morgan fingerprint density at radius 1 is 1.08 bits per heavy atom. The molecule has 1 amide bonds. The van der Waals surface area contributed by atoms with E-state index in [0.717, 1.165) is 6.42 Å². The average Bonchev–Trinajstić information content (AvgIpc) is 2.54. The minimum absolute atomic E-state index is 0.150. The Morgan fingerprint density at radius 3 is 2.36 bits per heavy atom. The van der Waals surface area contributed by atoms with E-state index in [9.17, 15) is 13.2 Å². The molecule has 0 radical (unpaired) electrons. The van der Waals surface area contributed by atoms with Crippen molar-refractivity contribution in [2.75, 3.05) is 6.54 Å². The van der Waals surface area contributed by atoms with Gasteiger partial charge in [-0.3, -0.25) is 4.79 Å². The lowest BCUT2D eigenvalue weighted by molar-refractivity contribution is 0.0954. The van der Waals surface area contributed by atoms with E-state index in [2.05, 4.69) is 16.1 Å². The van der Waals surface area contributed by atoms with Gasteiger partial charge in [-0.05, 0) is 57.0 Å². The van der Waals surface area contributed by atoms with Crippen molar-refractivity contribution in [3.05, 3.63) is 65.2 Å². The van der Waals surface area contributed by atoms with Crippen LogP contribution in [0.25, 0.3) is 0 Å². The Bertz CT molecular complexity index is 828. The first kappa shape index (κ1) is 19.1. The zero-order chi connectivity index (χ0) is 18.4. The summed E-state index contributed by atoms with van der Waals surface area (Å²) in [4.78, 5) is 12.3. The van der Waals surface area contributed by atoms with Crippen LogP contribution in [-0.2, 0) is 16.4 Å². The molecule has 2 N–H and O–H groups in total. The van der Waals surface area contributed by atoms with Crippen LogP contribution in [0.3, 0.4) is 0 Å². The minimum atomic E-state index is -3.54. The first-order chi connectivity index (χ1) is 11.8. The largest absolute Gasteiger partial charge is 0.352 e. The molecule has 0 aliphatic rings. The summed E-state index contributed by atoms with van der Waals surface area (Å²) in [5, 5.41) is 2.85. The molecule has 0 saturated carbocycles. The van der Waals surface area contributed by atoms with Gasteiger partial charge in [-0.1, -0.05) is 29.8 Å². The van der Waals surface area contributed by atoms with Crippen molar-refractivity contribution in [2.24, 2.45) is 0 Å². The van der Waals surface area contributed by atoms with Crippen molar-refractivity contribution in [1.29, 1.82) is 0 Å². The molecule has 0 heterocycles. The summed E-state index contributed by atoms with van der Waals surface area (Å²) in [6, 6.07) is 13.9. The summed E-state index contributed by atoms with van der Waals surface area (Å²) in [7, 11) is -3.54. The monoisotopic (exact) mass is 360 g/mol. The fourth-order valence-corrected chi connectivity index (χ4v) is 3.70. The zero-order valence-corrected chi connectivity index (χ0v) is 15.6. The van der Waals surface area contributed by atoms with Gasteiger partial charge in [0, 0.05) is 18.2 Å². The van der Waals surface area contributed by atoms with Crippen LogP contribution in [0.5, 0.6) is 0 Å². The Hall–Kier alpha value is -2.18. The number of carbonyl (C=O) groups is 1. The molecule has 0 fully saturated rings. The van der Waals surface area contributed by atoms with E-state index in [-0.39, 0.29) is 16.8 Å². The fourth-order valence-electron chi connectivity index (χ4n) is 2.45. The molecule has 2 aromatic carbocycles. The first-order valence-corrected chi connectivity index (χ1v) is 9.72. The molecule has 5 nitrogen and oxygen atoms in total. The van der Waals surface area contributed by atoms with Crippen LogP contribution in [-0.4, -0.2) is 26.9 Å². The number of rotatable bonds is 7. The maximum absolute atomic E-state index is 12.2. The SMILES string of the molecule is Cc1cccc(CCNC(=O)c2ccc(S(=O)(=O)NC(C)C)cc2)c1. The van der Waals surface area contributed by atoms with E-state index in [1.807, 2.05) is 25.1 Å². The van der Waals surface area contributed by atoms with Crippen LogP contribution >= 0.6 is 0 Å². The molecule has 0 bridgehead atoms. The van der Waals surface area contributed by atoms with Gasteiger partial charge in [0.25, 0.3) is 5.91 Å². The Morgan fingerprint density at radius 2 is 1.76 bits per heavy atom. The van der Waals surface area contributed by atoms with Gasteiger partial charge in [-0.25, -0.2) is 13.1 Å². The summed E-state index contributed by atoms with van der Waals surface area (Å²) in [6.45, 7) is 6.07. The molecule has 0 aliphatic carbocycles. The van der Waals surface area contributed by atoms with E-state index < -0.39 is 10.0 Å². The second-order valence-electron chi connectivity index (χ2n) is 6.30. The molecule has 25 heavy (non-hydrogen) atoms. The molecule has 0 saturated heterocycles. The van der Waals surface area contributed by atoms with Crippen molar-refractivity contribution in [3.63, 3.8) is 0 Å². The molecule has 0 atom stereocenters. The second-order valence-corrected chi connectivity index (χ2v) is 8.01. The number of benzene rings is 2. The highest BCUT2D eigenvalue weighted by Gasteiger charge is 2.15. The lowest BCUT2D eigenvalue weighted by atomic mass is 10.1. The lowest BCUT2D eigenvalue weighted by Gasteiger charge is -2.10. The molecule has 0 aliphatic heterocycles. The van der Waals surface area contributed by atoms with Crippen LogP contribution in [0, 0.1) is 6.92 Å². The number of sulfonamides is 1. The fraction of sp³-hybridized carbons (Fsp3) is 0.316. The number of nitrogens with one attached hydrogen (secondary N) is 2. The summed E-state index contributed by atoms with van der Waals surface area (Å²) >= 11 is 0. The van der Waals surface area contributed by atoms with Gasteiger partial charge >= 0.3 is 0 Å². The van der Waals surface area contributed by atoms with E-state index in [1.54, 1.807) is 13.8 Å². The molecule has 2 rings (SSSR count). The molecular weight excluding hydrogens is 336 g/mol. The van der Waals surface area contributed by atoms with Gasteiger partial charge in [0.1, 0.15) is 0 Å². The highest BCUT2D eigenvalue weighted by molar-refractivity contribution is 7.89. The van der Waals surface area contributed by atoms with Gasteiger partial charge < -0.3 is 5.32 Å². The standard InChI is InChI=1S/C19H24N2O3S/c1-14(2)21-25(23,24)18-9-7-17(8-10-18)19(22)20-12-11-16-6-4-5-15(3)13-16/h4-10,13-14,21H,11-12H2,1-3H3,(H,20,22). The Balaban J connectivity index is 1.94. The minimum Gasteiger partial charge on any atom is -0.352 e. The van der Waals surface area contributed by atoms with Gasteiger partial charge in [-0.2, -0.15) is 0 Å². The van der Waals surface area contributed by atoms with Crippen LogP contribution < -0.4 is 10.0 Å². The number of amides is 1. The summed E-state index contributed by atoms with van der Waals surface area (Å²) < 4.78 is 26.6. The quantitative estimate of drug-likeness (QED) is 0.797. The van der Waals surface area contributed by atoms with Crippen molar-refractivity contribution in [1.82, 2.24) is 10.0 Å². The number of hydrogen-bond acceptors (Lipinski definition) is 3. The van der Waals surface area contributed by atoms with Gasteiger partial charge in [-0.15, -0.1) is 0 Å².